The van der Waals surface area contributed by atoms with Gasteiger partial charge in [0.15, 0.2) is 0 Å². The Morgan fingerprint density at radius 3 is 2.87 bits per heavy atom. The lowest BCUT2D eigenvalue weighted by molar-refractivity contribution is 0.0696. The van der Waals surface area contributed by atoms with Gasteiger partial charge in [-0.1, -0.05) is 18.2 Å². The van der Waals surface area contributed by atoms with Gasteiger partial charge in [-0.2, -0.15) is 11.8 Å². The number of hydrogen-bond donors (Lipinski definition) is 1. The Balaban J connectivity index is 2.56. The first-order chi connectivity index (χ1) is 7.25. The highest BCUT2D eigenvalue weighted by atomic mass is 32.2. The maximum absolute atomic E-state index is 10.9. The first kappa shape index (κ1) is 12.1. The molecule has 0 aromatic heterocycles. The molecule has 0 radical (unpaired) electrons. The molecule has 0 aliphatic heterocycles. The zero-order valence-corrected chi connectivity index (χ0v) is 9.42. The quantitative estimate of drug-likeness (QED) is 0.756. The van der Waals surface area contributed by atoms with Crippen molar-refractivity contribution < 1.29 is 14.6 Å². The van der Waals surface area contributed by atoms with Gasteiger partial charge in [-0.15, -0.1) is 0 Å². The van der Waals surface area contributed by atoms with Crippen LogP contribution < -0.4 is 0 Å². The van der Waals surface area contributed by atoms with Gasteiger partial charge < -0.3 is 9.84 Å². The Kier molecular flexibility index (Phi) is 5.21. The lowest BCUT2D eigenvalue weighted by Crippen LogP contribution is -2.01. The van der Waals surface area contributed by atoms with Crippen LogP contribution in [0.15, 0.2) is 24.3 Å². The first-order valence-corrected chi connectivity index (χ1v) is 5.79. The van der Waals surface area contributed by atoms with Gasteiger partial charge in [0.25, 0.3) is 0 Å². The van der Waals surface area contributed by atoms with Crippen LogP contribution in [0.5, 0.6) is 0 Å². The Hall–Kier alpha value is -1.00. The van der Waals surface area contributed by atoms with Crippen molar-refractivity contribution >= 4 is 17.7 Å². The fourth-order valence-corrected chi connectivity index (χ4v) is 2.08. The van der Waals surface area contributed by atoms with E-state index in [9.17, 15) is 4.79 Å². The van der Waals surface area contributed by atoms with E-state index in [2.05, 4.69) is 0 Å². The van der Waals surface area contributed by atoms with Crippen LogP contribution in [0.25, 0.3) is 0 Å². The van der Waals surface area contributed by atoms with Gasteiger partial charge >= 0.3 is 5.97 Å². The van der Waals surface area contributed by atoms with Crippen LogP contribution in [-0.2, 0) is 10.5 Å². The molecule has 0 atom stereocenters. The van der Waals surface area contributed by atoms with Gasteiger partial charge in [0.05, 0.1) is 12.2 Å². The van der Waals surface area contributed by atoms with Gasteiger partial charge in [0, 0.05) is 18.6 Å². The monoisotopic (exact) mass is 226 g/mol. The average molecular weight is 226 g/mol. The van der Waals surface area contributed by atoms with E-state index in [-0.39, 0.29) is 0 Å². The number of benzene rings is 1. The molecule has 0 unspecified atom stereocenters. The predicted octanol–water partition coefficient (Wildman–Crippen LogP) is 2.26. The normalized spacial score (nSPS) is 10.2. The molecule has 3 nitrogen and oxygen atoms in total. The molecule has 0 aliphatic rings. The minimum absolute atomic E-state index is 0.391. The van der Waals surface area contributed by atoms with Crippen molar-refractivity contribution in [3.63, 3.8) is 0 Å². The van der Waals surface area contributed by atoms with Crippen LogP contribution >= 0.6 is 11.8 Å². The lowest BCUT2D eigenvalue weighted by Gasteiger charge is -2.05. The molecule has 1 aromatic carbocycles. The van der Waals surface area contributed by atoms with E-state index in [1.54, 1.807) is 31.0 Å². The van der Waals surface area contributed by atoms with Gasteiger partial charge in [-0.25, -0.2) is 4.79 Å². The molecule has 0 saturated heterocycles. The van der Waals surface area contributed by atoms with Crippen LogP contribution in [0.4, 0.5) is 0 Å². The summed E-state index contributed by atoms with van der Waals surface area (Å²) in [4.78, 5) is 10.9. The van der Waals surface area contributed by atoms with Crippen molar-refractivity contribution in [2.45, 2.75) is 5.75 Å². The van der Waals surface area contributed by atoms with E-state index in [0.717, 1.165) is 11.3 Å². The maximum atomic E-state index is 10.9. The van der Waals surface area contributed by atoms with E-state index >= 15 is 0 Å². The maximum Gasteiger partial charge on any atom is 0.335 e. The number of methoxy groups -OCH3 is 1. The highest BCUT2D eigenvalue weighted by Gasteiger charge is 2.07. The molecule has 1 N–H and O–H groups in total. The van der Waals surface area contributed by atoms with Crippen LogP contribution in [0.1, 0.15) is 15.9 Å². The van der Waals surface area contributed by atoms with Gasteiger partial charge in [0.2, 0.25) is 0 Å². The van der Waals surface area contributed by atoms with E-state index in [1.807, 2.05) is 12.1 Å². The fraction of sp³-hybridized carbons (Fsp3) is 0.364. The molecule has 0 aliphatic carbocycles. The smallest absolute Gasteiger partial charge is 0.335 e. The highest BCUT2D eigenvalue weighted by Crippen LogP contribution is 2.16. The number of hydrogen-bond acceptors (Lipinski definition) is 3. The summed E-state index contributed by atoms with van der Waals surface area (Å²) in [5.74, 6) is 0.731. The molecule has 0 bridgehead atoms. The van der Waals surface area contributed by atoms with Gasteiger partial charge in [-0.05, 0) is 11.6 Å². The average Bonchev–Trinajstić information content (AvgIpc) is 2.25. The lowest BCUT2D eigenvalue weighted by atomic mass is 10.1. The minimum atomic E-state index is -0.863. The third-order valence-corrected chi connectivity index (χ3v) is 2.91. The van der Waals surface area contributed by atoms with Crippen LogP contribution in [0.2, 0.25) is 0 Å². The molecule has 0 amide bonds. The van der Waals surface area contributed by atoms with E-state index in [1.165, 1.54) is 0 Å². The van der Waals surface area contributed by atoms with Crippen molar-refractivity contribution in [1.29, 1.82) is 0 Å². The number of ether oxygens (including phenoxy) is 1. The van der Waals surface area contributed by atoms with Crippen LogP contribution in [-0.4, -0.2) is 30.5 Å². The number of carboxylic acid groups (broad SMARTS) is 1. The number of aromatic carboxylic acids is 1. The number of rotatable bonds is 6. The third kappa shape index (κ3) is 3.93. The second-order valence-electron chi connectivity index (χ2n) is 3.01. The van der Waals surface area contributed by atoms with Crippen molar-refractivity contribution in [2.75, 3.05) is 19.5 Å². The molecule has 1 aromatic rings. The summed E-state index contributed by atoms with van der Waals surface area (Å²) >= 11 is 1.67. The van der Waals surface area contributed by atoms with E-state index in [4.69, 9.17) is 9.84 Å². The van der Waals surface area contributed by atoms with E-state index in [0.29, 0.717) is 17.9 Å². The number of carbonyl (C=O) groups is 1. The molecule has 1 rings (SSSR count). The summed E-state index contributed by atoms with van der Waals surface area (Å²) in [6.45, 7) is 0.694. The standard InChI is InChI=1S/C11H14O3S/c1-14-6-7-15-8-9-4-2-3-5-10(9)11(12)13/h2-5H,6-8H2,1H3,(H,12,13). The van der Waals surface area contributed by atoms with Crippen LogP contribution in [0, 0.1) is 0 Å². The molecule has 0 saturated carbocycles. The number of carboxylic acids is 1. The third-order valence-electron chi connectivity index (χ3n) is 1.94. The molecule has 0 fully saturated rings. The number of thioether (sulfide) groups is 1. The fourth-order valence-electron chi connectivity index (χ4n) is 1.18. The highest BCUT2D eigenvalue weighted by molar-refractivity contribution is 7.98. The zero-order valence-electron chi connectivity index (χ0n) is 8.60. The molecule has 15 heavy (non-hydrogen) atoms. The zero-order chi connectivity index (χ0) is 11.1. The topological polar surface area (TPSA) is 46.5 Å². The largest absolute Gasteiger partial charge is 0.478 e. The Labute approximate surface area is 93.4 Å². The Morgan fingerprint density at radius 2 is 2.20 bits per heavy atom. The molecular formula is C11H14O3S. The summed E-state index contributed by atoms with van der Waals surface area (Å²) in [5.41, 5.74) is 1.26. The van der Waals surface area contributed by atoms with Gasteiger partial charge in [-0.3, -0.25) is 0 Å². The van der Waals surface area contributed by atoms with Crippen molar-refractivity contribution in [1.82, 2.24) is 0 Å². The van der Waals surface area contributed by atoms with Crippen molar-refractivity contribution in [3.8, 4) is 0 Å². The van der Waals surface area contributed by atoms with Crippen molar-refractivity contribution in [3.05, 3.63) is 35.4 Å². The molecular weight excluding hydrogens is 212 g/mol. The predicted molar refractivity (Wildman–Crippen MR) is 61.4 cm³/mol. The Morgan fingerprint density at radius 1 is 1.47 bits per heavy atom. The second kappa shape index (κ2) is 6.48. The minimum Gasteiger partial charge on any atom is -0.478 e. The summed E-state index contributed by atoms with van der Waals surface area (Å²) < 4.78 is 4.92. The first-order valence-electron chi connectivity index (χ1n) is 4.63. The molecule has 0 heterocycles. The summed E-state index contributed by atoms with van der Waals surface area (Å²) in [6, 6.07) is 7.09. The molecule has 82 valence electrons. The second-order valence-corrected chi connectivity index (χ2v) is 4.11. The Bertz CT molecular complexity index is 325. The SMILES string of the molecule is COCCSCc1ccccc1C(=O)O. The molecule has 4 heteroatoms. The van der Waals surface area contributed by atoms with Gasteiger partial charge in [0.1, 0.15) is 0 Å². The summed E-state index contributed by atoms with van der Waals surface area (Å²) in [6.07, 6.45) is 0. The molecule has 0 spiro atoms. The van der Waals surface area contributed by atoms with Crippen molar-refractivity contribution in [2.24, 2.45) is 0 Å². The van der Waals surface area contributed by atoms with Crippen LogP contribution in [0.3, 0.4) is 0 Å². The summed E-state index contributed by atoms with van der Waals surface area (Å²) in [7, 11) is 1.66. The summed E-state index contributed by atoms with van der Waals surface area (Å²) in [5, 5.41) is 8.93. The van der Waals surface area contributed by atoms with E-state index < -0.39 is 5.97 Å².